The van der Waals surface area contributed by atoms with E-state index >= 15 is 0 Å². The summed E-state index contributed by atoms with van der Waals surface area (Å²) in [5.74, 6) is -3.65. The Morgan fingerprint density at radius 1 is 0.625 bits per heavy atom. The van der Waals surface area contributed by atoms with Crippen LogP contribution in [0.15, 0.2) is 72.8 Å². The van der Waals surface area contributed by atoms with Crippen molar-refractivity contribution in [2.24, 2.45) is 0 Å². The molecule has 0 aliphatic heterocycles. The number of carboxylic acids is 2. The number of para-hydroxylation sites is 2. The number of hydrogen-bond acceptors (Lipinski definition) is 4. The third-order valence-electron chi connectivity index (χ3n) is 4.20. The van der Waals surface area contributed by atoms with Crippen LogP contribution in [0.4, 0.5) is 0 Å². The van der Waals surface area contributed by atoms with Gasteiger partial charge in [-0.15, -0.1) is 0 Å². The van der Waals surface area contributed by atoms with Crippen LogP contribution in [0.25, 0.3) is 11.4 Å². The van der Waals surface area contributed by atoms with Crippen molar-refractivity contribution in [2.75, 3.05) is 0 Å². The van der Waals surface area contributed by atoms with Crippen molar-refractivity contribution in [1.82, 2.24) is 19.6 Å². The van der Waals surface area contributed by atoms with E-state index in [9.17, 15) is 0 Å². The van der Waals surface area contributed by atoms with Crippen LogP contribution in [0.1, 0.15) is 22.8 Å². The lowest BCUT2D eigenvalue weighted by atomic mass is 10.3. The van der Waals surface area contributed by atoms with Gasteiger partial charge in [-0.25, -0.2) is 19.0 Å². The van der Waals surface area contributed by atoms with Crippen LogP contribution in [0.2, 0.25) is 0 Å². The van der Waals surface area contributed by atoms with E-state index in [1.807, 2.05) is 59.6 Å². The zero-order valence-electron chi connectivity index (χ0n) is 18.4. The summed E-state index contributed by atoms with van der Waals surface area (Å²) in [6.45, 7) is 8.14. The molecule has 0 saturated heterocycles. The maximum Gasteiger partial charge on any atom is 0.414 e. The minimum absolute atomic E-state index is 1.06. The Bertz CT molecular complexity index is 1070. The van der Waals surface area contributed by atoms with E-state index in [1.54, 1.807) is 0 Å². The molecule has 0 aliphatic carbocycles. The van der Waals surface area contributed by atoms with Gasteiger partial charge in [0.15, 0.2) is 0 Å². The van der Waals surface area contributed by atoms with Crippen LogP contribution >= 0.6 is 0 Å². The van der Waals surface area contributed by atoms with Crippen LogP contribution < -0.4 is 0 Å². The molecule has 0 aliphatic rings. The summed E-state index contributed by atoms with van der Waals surface area (Å²) < 4.78 is 3.91. The van der Waals surface area contributed by atoms with Crippen LogP contribution in [0.5, 0.6) is 0 Å². The minimum atomic E-state index is -1.82. The largest absolute Gasteiger partial charge is 0.473 e. The quantitative estimate of drug-likeness (QED) is 0.459. The number of nitrogens with zero attached hydrogens (tertiary/aromatic N) is 4. The van der Waals surface area contributed by atoms with Gasteiger partial charge in [0.05, 0.1) is 22.8 Å². The van der Waals surface area contributed by atoms with Gasteiger partial charge in [-0.3, -0.25) is 0 Å². The molecule has 32 heavy (non-hydrogen) atoms. The second-order valence-corrected chi connectivity index (χ2v) is 6.96. The number of hydrogen-bond donors (Lipinski definition) is 2. The van der Waals surface area contributed by atoms with Crippen molar-refractivity contribution in [3.05, 3.63) is 95.6 Å². The van der Waals surface area contributed by atoms with Gasteiger partial charge >= 0.3 is 11.9 Å². The second-order valence-electron chi connectivity index (χ2n) is 6.96. The molecule has 0 fully saturated rings. The lowest BCUT2D eigenvalue weighted by molar-refractivity contribution is -0.159. The lowest BCUT2D eigenvalue weighted by Gasteiger charge is -2.02. The molecular weight excluding hydrogens is 408 g/mol. The van der Waals surface area contributed by atoms with Crippen molar-refractivity contribution in [1.29, 1.82) is 0 Å². The van der Waals surface area contributed by atoms with Crippen molar-refractivity contribution >= 4 is 11.9 Å². The molecule has 166 valence electrons. The van der Waals surface area contributed by atoms with E-state index in [1.165, 1.54) is 11.4 Å². The number of benzene rings is 2. The number of aryl methyl sites for hydroxylation is 4. The zero-order chi connectivity index (χ0) is 23.7. The molecule has 4 rings (SSSR count). The fraction of sp³-hybridized carbons (Fsp3) is 0.167. The molecule has 0 amide bonds. The zero-order valence-corrected chi connectivity index (χ0v) is 18.4. The topological polar surface area (TPSA) is 110 Å². The summed E-state index contributed by atoms with van der Waals surface area (Å²) in [4.78, 5) is 18.2. The molecule has 8 heteroatoms. The Kier molecular flexibility index (Phi) is 8.47. The van der Waals surface area contributed by atoms with Crippen LogP contribution in [-0.4, -0.2) is 41.7 Å². The maximum atomic E-state index is 9.10. The molecule has 0 radical (unpaired) electrons. The predicted octanol–water partition coefficient (Wildman–Crippen LogP) is 4.13. The SMILES string of the molecule is Cc1cc(C)n(-c2ccccc2)n1.Cc1cc(C)n(-c2ccccc2)n1.O=C(O)C(=O)O. The Morgan fingerprint density at radius 2 is 0.938 bits per heavy atom. The van der Waals surface area contributed by atoms with Gasteiger partial charge in [-0.2, -0.15) is 10.2 Å². The summed E-state index contributed by atoms with van der Waals surface area (Å²) in [6.07, 6.45) is 0. The third-order valence-corrected chi connectivity index (χ3v) is 4.20. The average Bonchev–Trinajstić information content (AvgIpc) is 3.29. The highest BCUT2D eigenvalue weighted by atomic mass is 16.4. The number of aromatic nitrogens is 4. The molecule has 0 bridgehead atoms. The first kappa shape index (κ1) is 24.1. The van der Waals surface area contributed by atoms with Gasteiger partial charge in [-0.05, 0) is 64.1 Å². The van der Waals surface area contributed by atoms with Gasteiger partial charge in [-0.1, -0.05) is 36.4 Å². The van der Waals surface area contributed by atoms with Crippen molar-refractivity contribution in [2.45, 2.75) is 27.7 Å². The number of aliphatic carboxylic acids is 2. The fourth-order valence-electron chi connectivity index (χ4n) is 2.92. The van der Waals surface area contributed by atoms with E-state index in [0.717, 1.165) is 22.8 Å². The van der Waals surface area contributed by atoms with E-state index in [-0.39, 0.29) is 0 Å². The minimum Gasteiger partial charge on any atom is -0.473 e. The number of carbonyl (C=O) groups is 2. The smallest absolute Gasteiger partial charge is 0.414 e. The highest BCUT2D eigenvalue weighted by Gasteiger charge is 2.04. The van der Waals surface area contributed by atoms with Gasteiger partial charge in [0.1, 0.15) is 0 Å². The van der Waals surface area contributed by atoms with E-state index in [4.69, 9.17) is 19.8 Å². The van der Waals surface area contributed by atoms with Crippen molar-refractivity contribution in [3.63, 3.8) is 0 Å². The second kappa shape index (κ2) is 11.3. The highest BCUT2D eigenvalue weighted by Crippen LogP contribution is 2.11. The molecule has 0 spiro atoms. The molecule has 2 heterocycles. The van der Waals surface area contributed by atoms with Gasteiger partial charge in [0.2, 0.25) is 0 Å². The summed E-state index contributed by atoms with van der Waals surface area (Å²) in [6, 6.07) is 24.5. The molecule has 4 aromatic rings. The monoisotopic (exact) mass is 434 g/mol. The first-order chi connectivity index (χ1) is 15.2. The molecule has 2 aromatic carbocycles. The maximum absolute atomic E-state index is 9.10. The van der Waals surface area contributed by atoms with Crippen LogP contribution in [0.3, 0.4) is 0 Å². The van der Waals surface area contributed by atoms with Crippen LogP contribution in [-0.2, 0) is 9.59 Å². The van der Waals surface area contributed by atoms with Crippen molar-refractivity contribution in [3.8, 4) is 11.4 Å². The Morgan fingerprint density at radius 3 is 1.16 bits per heavy atom. The number of carboxylic acid groups (broad SMARTS) is 2. The predicted molar refractivity (Wildman–Crippen MR) is 121 cm³/mol. The first-order valence-electron chi connectivity index (χ1n) is 9.82. The highest BCUT2D eigenvalue weighted by molar-refractivity contribution is 6.27. The van der Waals surface area contributed by atoms with E-state index in [2.05, 4.69) is 60.4 Å². The molecule has 0 atom stereocenters. The normalized spacial score (nSPS) is 9.75. The summed E-state index contributed by atoms with van der Waals surface area (Å²) in [7, 11) is 0. The molecular formula is C24H26N4O4. The summed E-state index contributed by atoms with van der Waals surface area (Å²) in [5.41, 5.74) is 6.69. The molecule has 0 saturated carbocycles. The first-order valence-corrected chi connectivity index (χ1v) is 9.82. The Hall–Kier alpha value is -4.20. The third kappa shape index (κ3) is 6.94. The Labute approximate surface area is 186 Å². The molecule has 2 aromatic heterocycles. The van der Waals surface area contributed by atoms with Gasteiger partial charge in [0, 0.05) is 11.4 Å². The van der Waals surface area contributed by atoms with Gasteiger partial charge < -0.3 is 10.2 Å². The summed E-state index contributed by atoms with van der Waals surface area (Å²) in [5, 5.41) is 23.6. The average molecular weight is 434 g/mol. The number of rotatable bonds is 2. The van der Waals surface area contributed by atoms with Crippen molar-refractivity contribution < 1.29 is 19.8 Å². The standard InChI is InChI=1S/2C11H12N2.C2H2O4/c2*1-9-8-10(2)13(12-9)11-6-4-3-5-7-11;3-1(4)2(5)6/h2*3-8H,1-2H3;(H,3,4)(H,5,6). The molecule has 0 unspecified atom stereocenters. The molecule has 2 N–H and O–H groups in total. The molecule has 8 nitrogen and oxygen atoms in total. The van der Waals surface area contributed by atoms with E-state index < -0.39 is 11.9 Å². The lowest BCUT2D eigenvalue weighted by Crippen LogP contribution is -2.09. The fourth-order valence-corrected chi connectivity index (χ4v) is 2.92. The van der Waals surface area contributed by atoms with E-state index in [0.29, 0.717) is 0 Å². The summed E-state index contributed by atoms with van der Waals surface area (Å²) >= 11 is 0. The van der Waals surface area contributed by atoms with Crippen LogP contribution in [0, 0.1) is 27.7 Å². The van der Waals surface area contributed by atoms with Gasteiger partial charge in [0.25, 0.3) is 0 Å². The Balaban J connectivity index is 0.000000183.